The maximum absolute atomic E-state index is 11.0. The van der Waals surface area contributed by atoms with Crippen molar-refractivity contribution in [2.24, 2.45) is 11.3 Å². The van der Waals surface area contributed by atoms with Gasteiger partial charge in [0.05, 0.1) is 19.3 Å². The molecule has 2 saturated heterocycles. The molecule has 1 N–H and O–H groups in total. The van der Waals surface area contributed by atoms with Crippen LogP contribution in [0, 0.1) is 22.7 Å². The monoisotopic (exact) mass is 333 g/mol. The van der Waals surface area contributed by atoms with Gasteiger partial charge in [-0.1, -0.05) is 12.2 Å². The zero-order valence-electron chi connectivity index (χ0n) is 14.8. The first kappa shape index (κ1) is 17.6. The lowest BCUT2D eigenvalue weighted by atomic mass is 9.59. The molecule has 3 aliphatic rings. The van der Waals surface area contributed by atoms with Crippen molar-refractivity contribution in [3.63, 3.8) is 0 Å². The SMILES string of the molecule is C=CC1(O)OC[C@@H]2C(C)=C([C@@H]3COC(C)(C)O3)CC[C@@]21CCC#N. The van der Waals surface area contributed by atoms with Crippen LogP contribution in [0.1, 0.15) is 46.5 Å². The molecule has 0 amide bonds. The lowest BCUT2D eigenvalue weighted by Crippen LogP contribution is -2.49. The summed E-state index contributed by atoms with van der Waals surface area (Å²) >= 11 is 0. The summed E-state index contributed by atoms with van der Waals surface area (Å²) in [6, 6.07) is 2.21. The summed E-state index contributed by atoms with van der Waals surface area (Å²) in [6.45, 7) is 10.7. The average Bonchev–Trinajstić information content (AvgIpc) is 3.05. The van der Waals surface area contributed by atoms with Gasteiger partial charge in [-0.2, -0.15) is 5.26 Å². The fourth-order valence-electron chi connectivity index (χ4n) is 4.73. The highest BCUT2D eigenvalue weighted by molar-refractivity contribution is 5.31. The molecule has 4 atom stereocenters. The van der Waals surface area contributed by atoms with Crippen LogP contribution in [0.5, 0.6) is 0 Å². The molecule has 0 aromatic heterocycles. The summed E-state index contributed by atoms with van der Waals surface area (Å²) in [7, 11) is 0. The third-order valence-electron chi connectivity index (χ3n) is 6.08. The first-order chi connectivity index (χ1) is 11.3. The minimum Gasteiger partial charge on any atom is -0.362 e. The molecule has 0 bridgehead atoms. The number of hydrogen-bond donors (Lipinski definition) is 1. The zero-order valence-corrected chi connectivity index (χ0v) is 14.8. The minimum absolute atomic E-state index is 0.0357. The van der Waals surface area contributed by atoms with Crippen LogP contribution in [0.15, 0.2) is 23.8 Å². The quantitative estimate of drug-likeness (QED) is 0.801. The van der Waals surface area contributed by atoms with Crippen molar-refractivity contribution >= 4 is 0 Å². The van der Waals surface area contributed by atoms with Crippen LogP contribution < -0.4 is 0 Å². The number of fused-ring (bicyclic) bond motifs is 1. The Morgan fingerprint density at radius 3 is 2.71 bits per heavy atom. The molecule has 0 radical (unpaired) electrons. The average molecular weight is 333 g/mol. The highest BCUT2D eigenvalue weighted by Crippen LogP contribution is 2.59. The third kappa shape index (κ3) is 2.53. The maximum atomic E-state index is 11.0. The van der Waals surface area contributed by atoms with Gasteiger partial charge in [-0.25, -0.2) is 0 Å². The summed E-state index contributed by atoms with van der Waals surface area (Å²) in [5, 5.41) is 20.1. The molecule has 5 nitrogen and oxygen atoms in total. The van der Waals surface area contributed by atoms with Gasteiger partial charge in [0.15, 0.2) is 11.6 Å². The Hall–Kier alpha value is -1.19. The number of ether oxygens (including phenoxy) is 3. The molecule has 1 aliphatic carbocycles. The lowest BCUT2D eigenvalue weighted by Gasteiger charge is -2.46. The van der Waals surface area contributed by atoms with Gasteiger partial charge in [-0.05, 0) is 51.7 Å². The summed E-state index contributed by atoms with van der Waals surface area (Å²) in [6.07, 6.45) is 4.04. The van der Waals surface area contributed by atoms with E-state index in [4.69, 9.17) is 19.5 Å². The van der Waals surface area contributed by atoms with Crippen molar-refractivity contribution < 1.29 is 19.3 Å². The van der Waals surface area contributed by atoms with Gasteiger partial charge in [0.2, 0.25) is 0 Å². The second-order valence-corrected chi connectivity index (χ2v) is 7.60. The van der Waals surface area contributed by atoms with E-state index >= 15 is 0 Å². The summed E-state index contributed by atoms with van der Waals surface area (Å²) in [5.41, 5.74) is 1.99. The first-order valence-corrected chi connectivity index (χ1v) is 8.67. The smallest absolute Gasteiger partial charge is 0.191 e. The number of nitrogens with zero attached hydrogens (tertiary/aromatic N) is 1. The fourth-order valence-corrected chi connectivity index (χ4v) is 4.73. The molecular weight excluding hydrogens is 306 g/mol. The standard InChI is InChI=1S/C19H27NO4/c1-5-19(21)18(8-6-10-20)9-7-14(13(2)15(18)11-23-19)16-12-22-17(3,4)24-16/h5,15-16,21H,1,6-9,11-12H2,2-4H3/t15-,16+,18+,19?/m1/s1. The molecule has 0 aromatic carbocycles. The Kier molecular flexibility index (Phi) is 4.38. The van der Waals surface area contributed by atoms with Gasteiger partial charge in [0.1, 0.15) is 6.10 Å². The Labute approximate surface area is 143 Å². The van der Waals surface area contributed by atoms with E-state index in [-0.39, 0.29) is 12.0 Å². The molecule has 2 fully saturated rings. The van der Waals surface area contributed by atoms with E-state index in [2.05, 4.69) is 19.6 Å². The van der Waals surface area contributed by atoms with Crippen LogP contribution >= 0.6 is 0 Å². The highest BCUT2D eigenvalue weighted by Gasteiger charge is 2.61. The molecule has 0 aromatic rings. The topological polar surface area (TPSA) is 71.7 Å². The molecule has 0 saturated carbocycles. The van der Waals surface area contributed by atoms with E-state index in [0.717, 1.165) is 12.8 Å². The number of rotatable bonds is 4. The molecule has 2 aliphatic heterocycles. The van der Waals surface area contributed by atoms with E-state index < -0.39 is 17.0 Å². The van der Waals surface area contributed by atoms with Crippen molar-refractivity contribution in [3.05, 3.63) is 23.8 Å². The van der Waals surface area contributed by atoms with Gasteiger partial charge in [0.25, 0.3) is 0 Å². The van der Waals surface area contributed by atoms with Gasteiger partial charge in [-0.15, -0.1) is 0 Å². The fraction of sp³-hybridized carbons (Fsp3) is 0.737. The summed E-state index contributed by atoms with van der Waals surface area (Å²) in [5.74, 6) is -1.85. The number of aliphatic hydroxyl groups is 1. The number of hydrogen-bond acceptors (Lipinski definition) is 5. The maximum Gasteiger partial charge on any atom is 0.191 e. The van der Waals surface area contributed by atoms with Crippen molar-refractivity contribution in [2.75, 3.05) is 13.2 Å². The third-order valence-corrected chi connectivity index (χ3v) is 6.08. The van der Waals surface area contributed by atoms with Gasteiger partial charge < -0.3 is 19.3 Å². The Morgan fingerprint density at radius 2 is 2.12 bits per heavy atom. The second kappa shape index (κ2) is 5.96. The lowest BCUT2D eigenvalue weighted by molar-refractivity contribution is -0.196. The first-order valence-electron chi connectivity index (χ1n) is 8.67. The Morgan fingerprint density at radius 1 is 1.38 bits per heavy atom. The molecule has 0 spiro atoms. The van der Waals surface area contributed by atoms with Crippen LogP contribution in [0.3, 0.4) is 0 Å². The van der Waals surface area contributed by atoms with E-state index in [1.807, 2.05) is 13.8 Å². The molecule has 2 heterocycles. The van der Waals surface area contributed by atoms with E-state index in [9.17, 15) is 5.11 Å². The van der Waals surface area contributed by atoms with Crippen LogP contribution in [-0.4, -0.2) is 36.0 Å². The summed E-state index contributed by atoms with van der Waals surface area (Å²) < 4.78 is 17.5. The predicted octanol–water partition coefficient (Wildman–Crippen LogP) is 3.06. The molecular formula is C19H27NO4. The van der Waals surface area contributed by atoms with E-state index in [1.165, 1.54) is 17.2 Å². The van der Waals surface area contributed by atoms with Crippen LogP contribution in [0.4, 0.5) is 0 Å². The second-order valence-electron chi connectivity index (χ2n) is 7.60. The Bertz CT molecular complexity index is 605. The zero-order chi connectivity index (χ0) is 17.6. The molecule has 3 rings (SSSR count). The number of nitriles is 1. The van der Waals surface area contributed by atoms with Crippen molar-refractivity contribution in [1.82, 2.24) is 0 Å². The van der Waals surface area contributed by atoms with Gasteiger partial charge >= 0.3 is 0 Å². The van der Waals surface area contributed by atoms with Crippen molar-refractivity contribution in [1.29, 1.82) is 5.26 Å². The minimum atomic E-state index is -1.37. The van der Waals surface area contributed by atoms with Crippen molar-refractivity contribution in [2.45, 2.75) is 64.1 Å². The van der Waals surface area contributed by atoms with E-state index in [0.29, 0.717) is 26.1 Å². The molecule has 5 heteroatoms. The molecule has 24 heavy (non-hydrogen) atoms. The van der Waals surface area contributed by atoms with E-state index in [1.54, 1.807) is 0 Å². The van der Waals surface area contributed by atoms with Crippen LogP contribution in [-0.2, 0) is 14.2 Å². The Balaban J connectivity index is 1.94. The highest BCUT2D eigenvalue weighted by atomic mass is 16.7. The predicted molar refractivity (Wildman–Crippen MR) is 88.7 cm³/mol. The van der Waals surface area contributed by atoms with Gasteiger partial charge in [0, 0.05) is 17.8 Å². The summed E-state index contributed by atoms with van der Waals surface area (Å²) in [4.78, 5) is 0. The largest absolute Gasteiger partial charge is 0.362 e. The molecule has 1 unspecified atom stereocenters. The molecule has 132 valence electrons. The van der Waals surface area contributed by atoms with Crippen LogP contribution in [0.2, 0.25) is 0 Å². The normalized spacial score (nSPS) is 41.1. The van der Waals surface area contributed by atoms with Crippen molar-refractivity contribution in [3.8, 4) is 6.07 Å². The van der Waals surface area contributed by atoms with Gasteiger partial charge in [-0.3, -0.25) is 0 Å². The van der Waals surface area contributed by atoms with Crippen LogP contribution in [0.25, 0.3) is 0 Å².